The first-order chi connectivity index (χ1) is 8.63. The number of aliphatic carboxylic acids is 1. The summed E-state index contributed by atoms with van der Waals surface area (Å²) in [7, 11) is 1.66. The van der Waals surface area contributed by atoms with Gasteiger partial charge in [-0.05, 0) is 37.0 Å². The highest BCUT2D eigenvalue weighted by molar-refractivity contribution is 6.30. The fourth-order valence-electron chi connectivity index (χ4n) is 1.85. The summed E-state index contributed by atoms with van der Waals surface area (Å²) in [5.41, 5.74) is 1.01. The number of carbonyl (C=O) groups is 1. The lowest BCUT2D eigenvalue weighted by atomic mass is 9.94. The lowest BCUT2D eigenvalue weighted by Crippen LogP contribution is -2.16. The van der Waals surface area contributed by atoms with Gasteiger partial charge < -0.3 is 9.84 Å². The molecule has 1 rings (SSSR count). The number of hydrogen-bond donors (Lipinski definition) is 1. The largest absolute Gasteiger partial charge is 0.481 e. The Bertz CT molecular complexity index is 362. The number of ether oxygens (including phenoxy) is 1. The highest BCUT2D eigenvalue weighted by Gasteiger charge is 2.17. The first kappa shape index (κ1) is 15.0. The van der Waals surface area contributed by atoms with Gasteiger partial charge in [-0.3, -0.25) is 4.79 Å². The van der Waals surface area contributed by atoms with Crippen LogP contribution >= 0.6 is 11.6 Å². The Hall–Kier alpha value is -1.06. The summed E-state index contributed by atoms with van der Waals surface area (Å²) in [5.74, 6) is -1.06. The molecule has 0 aliphatic heterocycles. The normalized spacial score (nSPS) is 12.3. The summed E-state index contributed by atoms with van der Waals surface area (Å²) in [5, 5.41) is 9.86. The minimum absolute atomic E-state index is 0.331. The second-order valence-corrected chi connectivity index (χ2v) is 4.79. The molecule has 100 valence electrons. The quantitative estimate of drug-likeness (QED) is 0.737. The molecule has 0 radical (unpaired) electrons. The maximum atomic E-state index is 11.2. The fraction of sp³-hybridized carbons (Fsp3) is 0.500. The van der Waals surface area contributed by atoms with E-state index in [2.05, 4.69) is 0 Å². The molecule has 1 aromatic rings. The topological polar surface area (TPSA) is 46.5 Å². The molecule has 1 N–H and O–H groups in total. The highest BCUT2D eigenvalue weighted by atomic mass is 35.5. The smallest absolute Gasteiger partial charge is 0.306 e. The molecule has 0 amide bonds. The van der Waals surface area contributed by atoms with Gasteiger partial charge >= 0.3 is 5.97 Å². The van der Waals surface area contributed by atoms with E-state index in [1.165, 1.54) is 0 Å². The van der Waals surface area contributed by atoms with Gasteiger partial charge in [0.15, 0.2) is 0 Å². The van der Waals surface area contributed by atoms with Crippen LogP contribution in [0.2, 0.25) is 5.02 Å². The summed E-state index contributed by atoms with van der Waals surface area (Å²) < 4.78 is 4.95. The molecule has 1 aromatic carbocycles. The molecule has 4 heteroatoms. The first-order valence-electron chi connectivity index (χ1n) is 6.09. The molecule has 1 unspecified atom stereocenters. The van der Waals surface area contributed by atoms with Crippen LogP contribution in [0.1, 0.15) is 24.8 Å². The van der Waals surface area contributed by atoms with Crippen molar-refractivity contribution in [2.45, 2.75) is 25.7 Å². The molecule has 0 fully saturated rings. The van der Waals surface area contributed by atoms with Crippen molar-refractivity contribution >= 4 is 17.6 Å². The Balaban J connectivity index is 2.47. The summed E-state index contributed by atoms with van der Waals surface area (Å²) >= 11 is 5.80. The van der Waals surface area contributed by atoms with Crippen LogP contribution in [0.4, 0.5) is 0 Å². The van der Waals surface area contributed by atoms with Crippen LogP contribution in [0.15, 0.2) is 24.3 Å². The molecule has 18 heavy (non-hydrogen) atoms. The minimum atomic E-state index is -0.734. The third kappa shape index (κ3) is 5.52. The molecular weight excluding hydrogens is 252 g/mol. The molecule has 3 nitrogen and oxygen atoms in total. The van der Waals surface area contributed by atoms with Crippen molar-refractivity contribution in [2.75, 3.05) is 13.7 Å². The van der Waals surface area contributed by atoms with E-state index in [-0.39, 0.29) is 5.92 Å². The van der Waals surface area contributed by atoms with Crippen LogP contribution in [-0.4, -0.2) is 24.8 Å². The number of carboxylic acids is 1. The van der Waals surface area contributed by atoms with Gasteiger partial charge in [-0.1, -0.05) is 30.2 Å². The zero-order valence-corrected chi connectivity index (χ0v) is 11.3. The fourth-order valence-corrected chi connectivity index (χ4v) is 1.98. The summed E-state index contributed by atoms with van der Waals surface area (Å²) in [4.78, 5) is 11.2. The average Bonchev–Trinajstić information content (AvgIpc) is 2.35. The number of unbranched alkanes of at least 4 members (excludes halogenated alkanes) is 1. The zero-order chi connectivity index (χ0) is 13.4. The Morgan fingerprint density at radius 3 is 2.56 bits per heavy atom. The van der Waals surface area contributed by atoms with Crippen molar-refractivity contribution in [3.63, 3.8) is 0 Å². The lowest BCUT2D eigenvalue weighted by molar-refractivity contribution is -0.142. The maximum Gasteiger partial charge on any atom is 0.306 e. The van der Waals surface area contributed by atoms with E-state index in [1.807, 2.05) is 12.1 Å². The predicted molar refractivity (Wildman–Crippen MR) is 72.0 cm³/mol. The molecule has 0 aliphatic rings. The van der Waals surface area contributed by atoms with E-state index in [9.17, 15) is 9.90 Å². The van der Waals surface area contributed by atoms with Gasteiger partial charge in [0.25, 0.3) is 0 Å². The van der Waals surface area contributed by atoms with E-state index < -0.39 is 5.97 Å². The zero-order valence-electron chi connectivity index (χ0n) is 10.6. The van der Waals surface area contributed by atoms with Gasteiger partial charge in [-0.25, -0.2) is 0 Å². The van der Waals surface area contributed by atoms with Crippen molar-refractivity contribution in [3.8, 4) is 0 Å². The molecule has 0 saturated carbocycles. The number of methoxy groups -OCH3 is 1. The average molecular weight is 271 g/mol. The molecule has 0 spiro atoms. The second kappa shape index (κ2) is 8.11. The summed E-state index contributed by atoms with van der Waals surface area (Å²) in [6, 6.07) is 7.35. The van der Waals surface area contributed by atoms with E-state index in [4.69, 9.17) is 16.3 Å². The maximum absolute atomic E-state index is 11.2. The van der Waals surface area contributed by atoms with Crippen LogP contribution in [-0.2, 0) is 16.0 Å². The number of hydrogen-bond acceptors (Lipinski definition) is 2. The molecule has 0 saturated heterocycles. The van der Waals surface area contributed by atoms with Crippen LogP contribution in [0, 0.1) is 5.92 Å². The van der Waals surface area contributed by atoms with Crippen molar-refractivity contribution < 1.29 is 14.6 Å². The Morgan fingerprint density at radius 1 is 1.33 bits per heavy atom. The van der Waals surface area contributed by atoms with Crippen molar-refractivity contribution in [1.82, 2.24) is 0 Å². The predicted octanol–water partition coefficient (Wildman–Crippen LogP) is 3.40. The standard InChI is InChI=1S/C14H19ClO3/c1-18-9-3-2-4-12(14(16)17)10-11-5-7-13(15)8-6-11/h5-8,12H,2-4,9-10H2,1H3,(H,16,17). The van der Waals surface area contributed by atoms with Crippen LogP contribution < -0.4 is 0 Å². The second-order valence-electron chi connectivity index (χ2n) is 4.35. The Morgan fingerprint density at radius 2 is 2.00 bits per heavy atom. The first-order valence-corrected chi connectivity index (χ1v) is 6.47. The lowest BCUT2D eigenvalue weighted by Gasteiger charge is -2.12. The van der Waals surface area contributed by atoms with Gasteiger partial charge in [0.2, 0.25) is 0 Å². The van der Waals surface area contributed by atoms with Gasteiger partial charge in [0.05, 0.1) is 5.92 Å². The minimum Gasteiger partial charge on any atom is -0.481 e. The molecule has 0 aromatic heterocycles. The van der Waals surface area contributed by atoms with Crippen LogP contribution in [0.5, 0.6) is 0 Å². The van der Waals surface area contributed by atoms with Gasteiger partial charge in [0.1, 0.15) is 0 Å². The van der Waals surface area contributed by atoms with Gasteiger partial charge in [0, 0.05) is 18.7 Å². The third-order valence-corrected chi connectivity index (χ3v) is 3.15. The number of rotatable bonds is 8. The number of halogens is 1. The van der Waals surface area contributed by atoms with E-state index in [0.29, 0.717) is 24.5 Å². The highest BCUT2D eigenvalue weighted by Crippen LogP contribution is 2.17. The molecule has 0 aliphatic carbocycles. The summed E-state index contributed by atoms with van der Waals surface area (Å²) in [6.07, 6.45) is 3.01. The Kier molecular flexibility index (Phi) is 6.76. The summed E-state index contributed by atoms with van der Waals surface area (Å²) in [6.45, 7) is 0.688. The SMILES string of the molecule is COCCCCC(Cc1ccc(Cl)cc1)C(=O)O. The van der Waals surface area contributed by atoms with Gasteiger partial charge in [-0.15, -0.1) is 0 Å². The van der Waals surface area contributed by atoms with Crippen molar-refractivity contribution in [2.24, 2.45) is 5.92 Å². The van der Waals surface area contributed by atoms with Crippen molar-refractivity contribution in [1.29, 1.82) is 0 Å². The van der Waals surface area contributed by atoms with E-state index in [0.717, 1.165) is 18.4 Å². The number of carboxylic acid groups (broad SMARTS) is 1. The van der Waals surface area contributed by atoms with E-state index in [1.54, 1.807) is 19.2 Å². The van der Waals surface area contributed by atoms with Crippen molar-refractivity contribution in [3.05, 3.63) is 34.9 Å². The number of benzene rings is 1. The molecule has 0 heterocycles. The molecule has 0 bridgehead atoms. The van der Waals surface area contributed by atoms with E-state index >= 15 is 0 Å². The van der Waals surface area contributed by atoms with Crippen LogP contribution in [0.25, 0.3) is 0 Å². The monoisotopic (exact) mass is 270 g/mol. The van der Waals surface area contributed by atoms with Crippen LogP contribution in [0.3, 0.4) is 0 Å². The molecule has 1 atom stereocenters. The molecular formula is C14H19ClO3. The van der Waals surface area contributed by atoms with Gasteiger partial charge in [-0.2, -0.15) is 0 Å². The third-order valence-electron chi connectivity index (χ3n) is 2.90. The Labute approximate surface area is 113 Å².